The fraction of sp³-hybridized carbons (Fsp3) is 0.529. The second kappa shape index (κ2) is 7.66. The number of carbonyl (C=O) groups excluding carboxylic acids is 1. The monoisotopic (exact) mass is 359 g/mol. The maximum atomic E-state index is 12.8. The van der Waals surface area contributed by atoms with Crippen molar-refractivity contribution in [3.05, 3.63) is 29.1 Å². The van der Waals surface area contributed by atoms with Gasteiger partial charge in [0.25, 0.3) is 5.91 Å². The number of oxazole rings is 1. The van der Waals surface area contributed by atoms with E-state index in [0.29, 0.717) is 30.1 Å². The van der Waals surface area contributed by atoms with Gasteiger partial charge in [0.1, 0.15) is 16.6 Å². The molecule has 2 aromatic rings. The summed E-state index contributed by atoms with van der Waals surface area (Å²) in [5.41, 5.74) is 1.95. The highest BCUT2D eigenvalue weighted by Gasteiger charge is 2.26. The number of carbonyl (C=O) groups is 1. The van der Waals surface area contributed by atoms with Crippen molar-refractivity contribution >= 4 is 22.4 Å². The molecule has 8 heteroatoms. The number of aryl methyl sites for hydroxylation is 2. The Bertz CT molecular complexity index is 791. The molecular weight excluding hydrogens is 338 g/mol. The van der Waals surface area contributed by atoms with Gasteiger partial charge in [-0.2, -0.15) is 9.64 Å². The number of nitrogens with one attached hydrogen (secondary N) is 1. The molecule has 1 saturated heterocycles. The van der Waals surface area contributed by atoms with Crippen molar-refractivity contribution in [2.45, 2.75) is 45.6 Å². The standard InChI is InChI=1S/C17H21N5O2S/c1-11-14(8-18)16(25-21-11)20-13-6-4-3-5-7-22(9-13)17(23)15-12(2)19-10-24-15/h10,13,20H,3-7,9H2,1-2H3. The van der Waals surface area contributed by atoms with Crippen LogP contribution in [0.4, 0.5) is 5.00 Å². The third-order valence-corrected chi connectivity index (χ3v) is 5.33. The number of nitriles is 1. The van der Waals surface area contributed by atoms with Crippen LogP contribution in [-0.4, -0.2) is 39.3 Å². The first-order valence-electron chi connectivity index (χ1n) is 8.42. The smallest absolute Gasteiger partial charge is 0.291 e. The van der Waals surface area contributed by atoms with Gasteiger partial charge in [0.15, 0.2) is 6.39 Å². The highest BCUT2D eigenvalue weighted by molar-refractivity contribution is 7.10. The van der Waals surface area contributed by atoms with Crippen molar-refractivity contribution in [1.29, 1.82) is 5.26 Å². The minimum atomic E-state index is -0.121. The zero-order chi connectivity index (χ0) is 17.8. The van der Waals surface area contributed by atoms with Crippen LogP contribution in [0.2, 0.25) is 0 Å². The number of amides is 1. The van der Waals surface area contributed by atoms with Gasteiger partial charge >= 0.3 is 0 Å². The van der Waals surface area contributed by atoms with E-state index < -0.39 is 0 Å². The molecule has 1 aliphatic rings. The Morgan fingerprint density at radius 2 is 2.24 bits per heavy atom. The molecule has 0 aromatic carbocycles. The third kappa shape index (κ3) is 3.82. The van der Waals surface area contributed by atoms with E-state index in [1.165, 1.54) is 17.9 Å². The summed E-state index contributed by atoms with van der Waals surface area (Å²) in [4.78, 5) is 18.6. The van der Waals surface area contributed by atoms with Crippen molar-refractivity contribution in [2.24, 2.45) is 0 Å². The highest BCUT2D eigenvalue weighted by atomic mass is 32.1. The molecule has 1 unspecified atom stereocenters. The van der Waals surface area contributed by atoms with E-state index in [0.717, 1.165) is 36.4 Å². The number of hydrogen-bond donors (Lipinski definition) is 1. The topological polar surface area (TPSA) is 95.1 Å². The number of nitrogens with zero attached hydrogens (tertiary/aromatic N) is 4. The Kier molecular flexibility index (Phi) is 5.34. The quantitative estimate of drug-likeness (QED) is 0.905. The molecule has 0 saturated carbocycles. The molecule has 1 atom stereocenters. The van der Waals surface area contributed by atoms with Crippen LogP contribution in [0.25, 0.3) is 0 Å². The second-order valence-corrected chi connectivity index (χ2v) is 7.07. The largest absolute Gasteiger partial charge is 0.438 e. The summed E-state index contributed by atoms with van der Waals surface area (Å²) < 4.78 is 9.53. The molecule has 1 fully saturated rings. The van der Waals surface area contributed by atoms with Crippen LogP contribution in [0.5, 0.6) is 0 Å². The van der Waals surface area contributed by atoms with E-state index in [-0.39, 0.29) is 11.9 Å². The summed E-state index contributed by atoms with van der Waals surface area (Å²) in [6, 6.07) is 2.29. The molecule has 0 aliphatic carbocycles. The van der Waals surface area contributed by atoms with Crippen LogP contribution >= 0.6 is 11.5 Å². The van der Waals surface area contributed by atoms with Gasteiger partial charge < -0.3 is 14.6 Å². The first-order valence-corrected chi connectivity index (χ1v) is 9.19. The first-order chi connectivity index (χ1) is 12.1. The van der Waals surface area contributed by atoms with Crippen LogP contribution in [0, 0.1) is 25.2 Å². The molecule has 0 spiro atoms. The minimum Gasteiger partial charge on any atom is -0.438 e. The number of likely N-dealkylation sites (tertiary alicyclic amines) is 1. The predicted molar refractivity (Wildman–Crippen MR) is 94.6 cm³/mol. The van der Waals surface area contributed by atoms with Crippen LogP contribution in [0.3, 0.4) is 0 Å². The number of aromatic nitrogens is 2. The van der Waals surface area contributed by atoms with Crippen molar-refractivity contribution in [3.8, 4) is 6.07 Å². The SMILES string of the molecule is Cc1ncoc1C(=O)N1CCCCCC(Nc2snc(C)c2C#N)C1. The van der Waals surface area contributed by atoms with Gasteiger partial charge in [0, 0.05) is 19.1 Å². The average molecular weight is 359 g/mol. The third-order valence-electron chi connectivity index (χ3n) is 4.46. The van der Waals surface area contributed by atoms with Gasteiger partial charge in [-0.15, -0.1) is 0 Å². The summed E-state index contributed by atoms with van der Waals surface area (Å²) in [5, 5.41) is 13.5. The van der Waals surface area contributed by atoms with Gasteiger partial charge in [0.2, 0.25) is 5.76 Å². The summed E-state index contributed by atoms with van der Waals surface area (Å²) >= 11 is 1.30. The molecule has 1 amide bonds. The van der Waals surface area contributed by atoms with E-state index >= 15 is 0 Å². The van der Waals surface area contributed by atoms with Gasteiger partial charge in [-0.1, -0.05) is 12.8 Å². The Balaban J connectivity index is 1.76. The van der Waals surface area contributed by atoms with E-state index in [9.17, 15) is 10.1 Å². The van der Waals surface area contributed by atoms with Crippen molar-refractivity contribution in [3.63, 3.8) is 0 Å². The summed E-state index contributed by atoms with van der Waals surface area (Å²) in [5.74, 6) is 0.190. The zero-order valence-electron chi connectivity index (χ0n) is 14.4. The lowest BCUT2D eigenvalue weighted by molar-refractivity contribution is 0.0703. The lowest BCUT2D eigenvalue weighted by Gasteiger charge is -2.30. The molecular formula is C17H21N5O2S. The van der Waals surface area contributed by atoms with Crippen LogP contribution in [0.15, 0.2) is 10.8 Å². The van der Waals surface area contributed by atoms with Gasteiger partial charge in [-0.05, 0) is 38.2 Å². The van der Waals surface area contributed by atoms with Gasteiger partial charge in [0.05, 0.1) is 11.4 Å². The Labute approximate surface area is 150 Å². The second-order valence-electron chi connectivity index (χ2n) is 6.29. The highest BCUT2D eigenvalue weighted by Crippen LogP contribution is 2.26. The minimum absolute atomic E-state index is 0.0828. The van der Waals surface area contributed by atoms with E-state index in [1.54, 1.807) is 6.92 Å². The molecule has 0 bridgehead atoms. The molecule has 7 nitrogen and oxygen atoms in total. The predicted octanol–water partition coefficient (Wildman–Crippen LogP) is 3.12. The fourth-order valence-corrected chi connectivity index (χ4v) is 3.88. The zero-order valence-corrected chi connectivity index (χ0v) is 15.2. The van der Waals surface area contributed by atoms with Crippen molar-refractivity contribution in [1.82, 2.24) is 14.3 Å². The normalized spacial score (nSPS) is 18.3. The Morgan fingerprint density at radius 3 is 2.96 bits per heavy atom. The number of anilines is 1. The first kappa shape index (κ1) is 17.4. The fourth-order valence-electron chi connectivity index (χ4n) is 3.06. The van der Waals surface area contributed by atoms with Crippen molar-refractivity contribution in [2.75, 3.05) is 18.4 Å². The summed E-state index contributed by atoms with van der Waals surface area (Å²) in [6.45, 7) is 4.88. The molecule has 3 heterocycles. The number of rotatable bonds is 3. The number of hydrogen-bond acceptors (Lipinski definition) is 7. The van der Waals surface area contributed by atoms with E-state index in [4.69, 9.17) is 4.42 Å². The molecule has 0 radical (unpaired) electrons. The van der Waals surface area contributed by atoms with Crippen LogP contribution in [-0.2, 0) is 0 Å². The molecule has 1 N–H and O–H groups in total. The molecule has 25 heavy (non-hydrogen) atoms. The van der Waals surface area contributed by atoms with Gasteiger partial charge in [-0.25, -0.2) is 4.98 Å². The molecule has 3 rings (SSSR count). The van der Waals surface area contributed by atoms with Crippen LogP contribution < -0.4 is 5.32 Å². The molecule has 132 valence electrons. The van der Waals surface area contributed by atoms with E-state index in [2.05, 4.69) is 20.7 Å². The Morgan fingerprint density at radius 1 is 1.40 bits per heavy atom. The average Bonchev–Trinajstić information content (AvgIpc) is 3.14. The lowest BCUT2D eigenvalue weighted by Crippen LogP contribution is -2.42. The van der Waals surface area contributed by atoms with E-state index in [1.807, 2.05) is 11.8 Å². The molecule has 2 aromatic heterocycles. The van der Waals surface area contributed by atoms with Gasteiger partial charge in [-0.3, -0.25) is 4.79 Å². The maximum Gasteiger partial charge on any atom is 0.291 e. The lowest BCUT2D eigenvalue weighted by atomic mass is 10.0. The molecule has 1 aliphatic heterocycles. The Hall–Kier alpha value is -2.40. The summed E-state index contributed by atoms with van der Waals surface area (Å²) in [7, 11) is 0. The summed E-state index contributed by atoms with van der Waals surface area (Å²) in [6.07, 6.45) is 5.41. The van der Waals surface area contributed by atoms with Crippen LogP contribution in [0.1, 0.15) is 53.2 Å². The van der Waals surface area contributed by atoms with Crippen molar-refractivity contribution < 1.29 is 9.21 Å². The maximum absolute atomic E-state index is 12.8.